The Kier molecular flexibility index (Phi) is 6.63. The van der Waals surface area contributed by atoms with E-state index in [1.165, 1.54) is 26.4 Å². The third-order valence-corrected chi connectivity index (χ3v) is 3.40. The number of rotatable bonds is 6. The lowest BCUT2D eigenvalue weighted by Gasteiger charge is -2.15. The molecule has 1 aromatic carbocycles. The smallest absolute Gasteiger partial charge is 0.382 e. The molecule has 1 amide bonds. The van der Waals surface area contributed by atoms with Gasteiger partial charge >= 0.3 is 6.18 Å². The first-order chi connectivity index (χ1) is 9.79. The second-order valence-corrected chi connectivity index (χ2v) is 5.07. The van der Waals surface area contributed by atoms with Gasteiger partial charge in [-0.05, 0) is 18.2 Å². The largest absolute Gasteiger partial charge is 0.417 e. The molecule has 1 rings (SSSR count). The van der Waals surface area contributed by atoms with Gasteiger partial charge in [0, 0.05) is 30.8 Å². The average molecular weight is 370 g/mol. The minimum absolute atomic E-state index is 0.0715. The van der Waals surface area contributed by atoms with Crippen LogP contribution < -0.4 is 5.32 Å². The summed E-state index contributed by atoms with van der Waals surface area (Å²) >= 11 is 2.82. The number of carbonyl (C=O) groups excluding carboxylic acids is 1. The maximum atomic E-state index is 12.8. The van der Waals surface area contributed by atoms with Crippen molar-refractivity contribution in [3.05, 3.63) is 33.8 Å². The van der Waals surface area contributed by atoms with Gasteiger partial charge in [-0.3, -0.25) is 4.79 Å². The number of ether oxygens (including phenoxy) is 2. The first kappa shape index (κ1) is 17.9. The highest BCUT2D eigenvalue weighted by atomic mass is 79.9. The monoisotopic (exact) mass is 369 g/mol. The van der Waals surface area contributed by atoms with Crippen LogP contribution in [0.3, 0.4) is 0 Å². The molecule has 118 valence electrons. The fraction of sp³-hybridized carbons (Fsp3) is 0.462. The molecule has 0 spiro atoms. The fourth-order valence-corrected chi connectivity index (χ4v) is 2.06. The van der Waals surface area contributed by atoms with E-state index < -0.39 is 17.6 Å². The SMILES string of the molecule is COCC(CNC(=O)c1ccc(Br)c(C(F)(F)F)c1)OC. The normalized spacial score (nSPS) is 13.0. The molecule has 4 nitrogen and oxygen atoms in total. The van der Waals surface area contributed by atoms with Gasteiger partial charge in [0.25, 0.3) is 5.91 Å². The Balaban J connectivity index is 2.79. The van der Waals surface area contributed by atoms with Gasteiger partial charge in [0.15, 0.2) is 0 Å². The van der Waals surface area contributed by atoms with Crippen LogP contribution in [0, 0.1) is 0 Å². The fourth-order valence-electron chi connectivity index (χ4n) is 1.59. The van der Waals surface area contributed by atoms with E-state index in [0.717, 1.165) is 6.07 Å². The predicted octanol–water partition coefficient (Wildman–Crippen LogP) is 2.86. The van der Waals surface area contributed by atoms with E-state index in [4.69, 9.17) is 9.47 Å². The summed E-state index contributed by atoms with van der Waals surface area (Å²) in [6, 6.07) is 3.31. The number of amides is 1. The van der Waals surface area contributed by atoms with Gasteiger partial charge in [0.05, 0.1) is 18.3 Å². The molecule has 0 aromatic heterocycles. The quantitative estimate of drug-likeness (QED) is 0.838. The Hall–Kier alpha value is -1.12. The van der Waals surface area contributed by atoms with E-state index >= 15 is 0 Å². The van der Waals surface area contributed by atoms with Crippen LogP contribution in [0.5, 0.6) is 0 Å². The van der Waals surface area contributed by atoms with Gasteiger partial charge in [0.1, 0.15) is 0 Å². The summed E-state index contributed by atoms with van der Waals surface area (Å²) in [6.07, 6.45) is -4.89. The van der Waals surface area contributed by atoms with Crippen molar-refractivity contribution in [1.29, 1.82) is 0 Å². The molecule has 0 aliphatic carbocycles. The van der Waals surface area contributed by atoms with E-state index in [2.05, 4.69) is 21.2 Å². The zero-order valence-electron chi connectivity index (χ0n) is 11.5. The van der Waals surface area contributed by atoms with Crippen molar-refractivity contribution in [2.45, 2.75) is 12.3 Å². The molecule has 0 saturated heterocycles. The number of hydrogen-bond donors (Lipinski definition) is 1. The Morgan fingerprint density at radius 3 is 2.57 bits per heavy atom. The summed E-state index contributed by atoms with van der Waals surface area (Å²) < 4.78 is 48.1. The summed E-state index contributed by atoms with van der Waals surface area (Å²) in [5.74, 6) is -0.605. The van der Waals surface area contributed by atoms with E-state index in [9.17, 15) is 18.0 Å². The summed E-state index contributed by atoms with van der Waals surface area (Å²) in [5, 5.41) is 2.51. The second-order valence-electron chi connectivity index (χ2n) is 4.22. The van der Waals surface area contributed by atoms with Gasteiger partial charge in [0.2, 0.25) is 0 Å². The summed E-state index contributed by atoms with van der Waals surface area (Å²) in [7, 11) is 2.94. The van der Waals surface area contributed by atoms with E-state index in [1.807, 2.05) is 0 Å². The van der Waals surface area contributed by atoms with Crippen molar-refractivity contribution >= 4 is 21.8 Å². The molecule has 0 aliphatic rings. The highest BCUT2D eigenvalue weighted by molar-refractivity contribution is 9.10. The molecular formula is C13H15BrF3NO3. The third kappa shape index (κ3) is 5.29. The molecule has 1 unspecified atom stereocenters. The minimum atomic E-state index is -4.53. The van der Waals surface area contributed by atoms with Crippen LogP contribution in [0.25, 0.3) is 0 Å². The Morgan fingerprint density at radius 1 is 1.38 bits per heavy atom. The van der Waals surface area contributed by atoms with Crippen molar-refractivity contribution in [2.75, 3.05) is 27.4 Å². The molecule has 0 fully saturated rings. The topological polar surface area (TPSA) is 47.6 Å². The zero-order chi connectivity index (χ0) is 16.0. The minimum Gasteiger partial charge on any atom is -0.382 e. The first-order valence-corrected chi connectivity index (χ1v) is 6.75. The number of alkyl halides is 3. The molecule has 8 heteroatoms. The Morgan fingerprint density at radius 2 is 2.05 bits per heavy atom. The molecule has 0 heterocycles. The van der Waals surface area contributed by atoms with Gasteiger partial charge in [-0.1, -0.05) is 15.9 Å². The number of halogens is 4. The molecule has 1 aromatic rings. The van der Waals surface area contributed by atoms with Crippen molar-refractivity contribution in [3.63, 3.8) is 0 Å². The number of carbonyl (C=O) groups is 1. The lowest BCUT2D eigenvalue weighted by molar-refractivity contribution is -0.138. The van der Waals surface area contributed by atoms with Crippen molar-refractivity contribution in [3.8, 4) is 0 Å². The highest BCUT2D eigenvalue weighted by Gasteiger charge is 2.33. The van der Waals surface area contributed by atoms with Gasteiger partial charge in [-0.25, -0.2) is 0 Å². The molecule has 0 bridgehead atoms. The van der Waals surface area contributed by atoms with Crippen LogP contribution in [-0.4, -0.2) is 39.4 Å². The predicted molar refractivity (Wildman–Crippen MR) is 74.2 cm³/mol. The molecule has 1 N–H and O–H groups in total. The highest BCUT2D eigenvalue weighted by Crippen LogP contribution is 2.35. The molecule has 0 aliphatic heterocycles. The lowest BCUT2D eigenvalue weighted by atomic mass is 10.1. The van der Waals surface area contributed by atoms with Crippen LogP contribution in [0.1, 0.15) is 15.9 Å². The number of benzene rings is 1. The standard InChI is InChI=1S/C13H15BrF3NO3/c1-20-7-9(21-2)6-18-12(19)8-3-4-11(14)10(5-8)13(15,16)17/h3-5,9H,6-7H2,1-2H3,(H,18,19). The van der Waals surface area contributed by atoms with E-state index in [1.54, 1.807) is 0 Å². The Bertz CT molecular complexity index is 494. The second kappa shape index (κ2) is 7.77. The van der Waals surface area contributed by atoms with Crippen LogP contribution >= 0.6 is 15.9 Å². The Labute approximate surface area is 128 Å². The van der Waals surface area contributed by atoms with Gasteiger partial charge < -0.3 is 14.8 Å². The maximum absolute atomic E-state index is 12.8. The van der Waals surface area contributed by atoms with Crippen molar-refractivity contribution < 1.29 is 27.4 Å². The molecule has 0 saturated carbocycles. The average Bonchev–Trinajstić information content (AvgIpc) is 2.42. The summed E-state index contributed by atoms with van der Waals surface area (Å²) in [6.45, 7) is 0.408. The first-order valence-electron chi connectivity index (χ1n) is 5.96. The van der Waals surface area contributed by atoms with Crippen LogP contribution in [-0.2, 0) is 15.7 Å². The van der Waals surface area contributed by atoms with Crippen LogP contribution in [0.15, 0.2) is 22.7 Å². The molecular weight excluding hydrogens is 355 g/mol. The molecule has 0 radical (unpaired) electrons. The van der Waals surface area contributed by atoms with Crippen molar-refractivity contribution in [2.24, 2.45) is 0 Å². The number of hydrogen-bond acceptors (Lipinski definition) is 3. The number of methoxy groups -OCH3 is 2. The summed E-state index contributed by atoms with van der Waals surface area (Å²) in [4.78, 5) is 11.9. The molecule has 21 heavy (non-hydrogen) atoms. The van der Waals surface area contributed by atoms with Crippen LogP contribution in [0.4, 0.5) is 13.2 Å². The van der Waals surface area contributed by atoms with E-state index in [0.29, 0.717) is 0 Å². The van der Waals surface area contributed by atoms with Crippen molar-refractivity contribution in [1.82, 2.24) is 5.32 Å². The van der Waals surface area contributed by atoms with E-state index in [-0.39, 0.29) is 29.3 Å². The zero-order valence-corrected chi connectivity index (χ0v) is 13.0. The van der Waals surface area contributed by atoms with Crippen LogP contribution in [0.2, 0.25) is 0 Å². The van der Waals surface area contributed by atoms with Gasteiger partial charge in [-0.2, -0.15) is 13.2 Å². The molecule has 1 atom stereocenters. The number of nitrogens with one attached hydrogen (secondary N) is 1. The lowest BCUT2D eigenvalue weighted by Crippen LogP contribution is -2.35. The maximum Gasteiger partial charge on any atom is 0.417 e. The third-order valence-electron chi connectivity index (χ3n) is 2.71. The summed E-state index contributed by atoms with van der Waals surface area (Å²) in [5.41, 5.74) is -0.965. The van der Waals surface area contributed by atoms with Gasteiger partial charge in [-0.15, -0.1) is 0 Å².